The Hall–Kier alpha value is -5.97. The van der Waals surface area contributed by atoms with Crippen LogP contribution in [0.15, 0.2) is 103 Å². The number of hydrogen-bond donors (Lipinski definition) is 4. The fourth-order valence-electron chi connectivity index (χ4n) is 7.86. The number of hydrogen-bond acceptors (Lipinski definition) is 10. The predicted molar refractivity (Wildman–Crippen MR) is 253 cm³/mol. The van der Waals surface area contributed by atoms with E-state index in [2.05, 4.69) is 20.9 Å². The van der Waals surface area contributed by atoms with Crippen LogP contribution in [-0.2, 0) is 56.8 Å². The van der Waals surface area contributed by atoms with Gasteiger partial charge in [0.15, 0.2) is 0 Å². The molecule has 0 spiro atoms. The van der Waals surface area contributed by atoms with Gasteiger partial charge in [0.05, 0.1) is 37.1 Å². The van der Waals surface area contributed by atoms with E-state index in [1.807, 2.05) is 61.1 Å². The third kappa shape index (κ3) is 13.3. The highest BCUT2D eigenvalue weighted by Crippen LogP contribution is 2.32. The van der Waals surface area contributed by atoms with Gasteiger partial charge in [0, 0.05) is 48.3 Å². The summed E-state index contributed by atoms with van der Waals surface area (Å²) in [7, 11) is 7.34. The molecule has 0 radical (unpaired) electrons. The molecule has 1 aliphatic heterocycles. The maximum atomic E-state index is 14.3. The Bertz CT molecular complexity index is 2430. The molecule has 350 valence electrons. The van der Waals surface area contributed by atoms with E-state index >= 15 is 0 Å². The highest BCUT2D eigenvalue weighted by atomic mass is 35.5. The quantitative estimate of drug-likeness (QED) is 0.0640. The van der Waals surface area contributed by atoms with Gasteiger partial charge in [0.25, 0.3) is 0 Å². The number of amides is 3. The summed E-state index contributed by atoms with van der Waals surface area (Å²) in [5, 5.41) is 20.5. The minimum Gasteiger partial charge on any atom is -0.478 e. The zero-order chi connectivity index (χ0) is 47.4. The first kappa shape index (κ1) is 49.5. The molecule has 1 fully saturated rings. The molecule has 2 heterocycles. The van der Waals surface area contributed by atoms with Gasteiger partial charge >= 0.3 is 12.1 Å². The van der Waals surface area contributed by atoms with Crippen LogP contribution in [0, 0.1) is 0 Å². The Kier molecular flexibility index (Phi) is 17.2. The number of carbonyl (C=O) groups excluding carboxylic acids is 3. The Morgan fingerprint density at radius 1 is 0.924 bits per heavy atom. The van der Waals surface area contributed by atoms with Gasteiger partial charge in [-0.3, -0.25) is 14.5 Å². The van der Waals surface area contributed by atoms with E-state index in [0.29, 0.717) is 52.9 Å². The van der Waals surface area contributed by atoms with E-state index < -0.39 is 47.6 Å². The maximum absolute atomic E-state index is 14.3. The van der Waals surface area contributed by atoms with E-state index in [1.165, 1.54) is 14.0 Å². The van der Waals surface area contributed by atoms with Crippen molar-refractivity contribution in [2.24, 2.45) is 7.05 Å². The number of methoxy groups -OCH3 is 1. The van der Waals surface area contributed by atoms with Crippen LogP contribution >= 0.6 is 23.2 Å². The molecule has 0 aliphatic carbocycles. The number of piperidine rings is 1. The van der Waals surface area contributed by atoms with E-state index in [0.717, 1.165) is 40.5 Å². The summed E-state index contributed by atoms with van der Waals surface area (Å²) in [6.07, 6.45) is 1.03. The number of aliphatic carboxylic acids is 1. The summed E-state index contributed by atoms with van der Waals surface area (Å²) in [6.45, 7) is 2.98. The predicted octanol–water partition coefficient (Wildman–Crippen LogP) is 6.88. The summed E-state index contributed by atoms with van der Waals surface area (Å²) in [6, 6.07) is 26.0. The van der Waals surface area contributed by atoms with Crippen LogP contribution in [-0.4, -0.2) is 113 Å². The van der Waals surface area contributed by atoms with Gasteiger partial charge in [-0.25, -0.2) is 14.6 Å². The number of rotatable bonds is 20. The molecule has 1 aliphatic rings. The largest absolute Gasteiger partial charge is 0.478 e. The van der Waals surface area contributed by atoms with Crippen molar-refractivity contribution in [3.8, 4) is 22.8 Å². The standard InChI is InChI=1S/C49H57Cl2N7O8/c1-32(45(59)54-40(30-64-5)46(60)55-49(22-9-23-52-31-49)26-34-12-17-37(50)18-13-34)58(48(63)66-43(47(61)62)24-33-10-7-6-8-11-33)28-36-14-19-38(51)25-42(36)65-39-20-15-35(16-21-39)41-27-53-44(57(41)4)29-56(2)3/h6-8,10-21,25,27,32,40,43,52H,9,22-24,26,28-31H2,1-5H3,(H,54,59)(H,55,60)(H,61,62)/t32-,40-,43-,49+/m0/s1. The molecule has 1 saturated heterocycles. The number of carboxylic acid groups (broad SMARTS) is 1. The Morgan fingerprint density at radius 2 is 1.64 bits per heavy atom. The van der Waals surface area contributed by atoms with Gasteiger partial charge in [0.2, 0.25) is 17.9 Å². The molecule has 0 bridgehead atoms. The van der Waals surface area contributed by atoms with Crippen LogP contribution in [0.2, 0.25) is 10.0 Å². The lowest BCUT2D eigenvalue weighted by Gasteiger charge is -2.40. The Morgan fingerprint density at radius 3 is 2.29 bits per heavy atom. The fraction of sp³-hybridized carbons (Fsp3) is 0.367. The minimum absolute atomic E-state index is 0.125. The number of carbonyl (C=O) groups is 4. The van der Waals surface area contributed by atoms with Crippen LogP contribution in [0.5, 0.6) is 11.5 Å². The molecule has 66 heavy (non-hydrogen) atoms. The maximum Gasteiger partial charge on any atom is 0.411 e. The van der Waals surface area contributed by atoms with Gasteiger partial charge in [-0.1, -0.05) is 71.7 Å². The lowest BCUT2D eigenvalue weighted by molar-refractivity contribution is -0.147. The number of ether oxygens (including phenoxy) is 3. The lowest BCUT2D eigenvalue weighted by atomic mass is 9.83. The summed E-state index contributed by atoms with van der Waals surface area (Å²) in [5.74, 6) is -0.921. The second kappa shape index (κ2) is 23.0. The van der Waals surface area contributed by atoms with E-state index in [9.17, 15) is 24.3 Å². The molecule has 4 N–H and O–H groups in total. The molecule has 6 rings (SSSR count). The third-order valence-electron chi connectivity index (χ3n) is 11.4. The monoisotopic (exact) mass is 941 g/mol. The van der Waals surface area contributed by atoms with Crippen molar-refractivity contribution >= 4 is 47.1 Å². The molecule has 15 nitrogen and oxygen atoms in total. The number of nitrogens with zero attached hydrogens (tertiary/aromatic N) is 4. The zero-order valence-corrected chi connectivity index (χ0v) is 39.3. The summed E-state index contributed by atoms with van der Waals surface area (Å²) < 4.78 is 19.5. The van der Waals surface area contributed by atoms with Crippen molar-refractivity contribution in [2.75, 3.05) is 40.9 Å². The Balaban J connectivity index is 1.25. The lowest BCUT2D eigenvalue weighted by Crippen LogP contribution is -2.63. The molecule has 3 amide bonds. The average Bonchev–Trinajstić information content (AvgIpc) is 3.65. The number of imidazole rings is 1. The molecular weight excluding hydrogens is 885 g/mol. The van der Waals surface area contributed by atoms with Crippen LogP contribution in [0.4, 0.5) is 4.79 Å². The molecule has 4 aromatic carbocycles. The molecule has 1 aromatic heterocycles. The first-order chi connectivity index (χ1) is 31.6. The van der Waals surface area contributed by atoms with E-state index in [4.69, 9.17) is 37.4 Å². The molecule has 5 aromatic rings. The summed E-state index contributed by atoms with van der Waals surface area (Å²) in [5.41, 5.74) is 3.19. The van der Waals surface area contributed by atoms with Crippen molar-refractivity contribution in [2.45, 2.75) is 69.4 Å². The van der Waals surface area contributed by atoms with Crippen LogP contribution in [0.3, 0.4) is 0 Å². The third-order valence-corrected chi connectivity index (χ3v) is 11.9. The van der Waals surface area contributed by atoms with E-state index in [-0.39, 0.29) is 25.3 Å². The molecule has 0 unspecified atom stereocenters. The normalized spacial score (nSPS) is 16.2. The highest BCUT2D eigenvalue weighted by molar-refractivity contribution is 6.31. The van der Waals surface area contributed by atoms with Crippen molar-refractivity contribution in [3.05, 3.63) is 136 Å². The number of benzene rings is 4. The van der Waals surface area contributed by atoms with Crippen LogP contribution in [0.25, 0.3) is 11.3 Å². The van der Waals surface area contributed by atoms with Gasteiger partial charge in [-0.2, -0.15) is 0 Å². The van der Waals surface area contributed by atoms with Crippen LogP contribution < -0.4 is 20.7 Å². The summed E-state index contributed by atoms with van der Waals surface area (Å²) >= 11 is 12.7. The smallest absolute Gasteiger partial charge is 0.411 e. The molecule has 4 atom stereocenters. The van der Waals surface area contributed by atoms with Crippen LogP contribution in [0.1, 0.15) is 42.3 Å². The zero-order valence-electron chi connectivity index (χ0n) is 37.8. The first-order valence-corrected chi connectivity index (χ1v) is 22.4. The fourth-order valence-corrected chi connectivity index (χ4v) is 8.14. The van der Waals surface area contributed by atoms with Gasteiger partial charge in [-0.15, -0.1) is 0 Å². The number of aromatic nitrogens is 2. The van der Waals surface area contributed by atoms with Gasteiger partial charge in [0.1, 0.15) is 29.4 Å². The number of carboxylic acids is 1. The number of nitrogens with one attached hydrogen (secondary N) is 3. The van der Waals surface area contributed by atoms with Gasteiger partial charge < -0.3 is 44.7 Å². The second-order valence-corrected chi connectivity index (χ2v) is 17.7. The van der Waals surface area contributed by atoms with E-state index in [1.54, 1.807) is 72.8 Å². The number of halogens is 2. The summed E-state index contributed by atoms with van der Waals surface area (Å²) in [4.78, 5) is 63.0. The highest BCUT2D eigenvalue weighted by Gasteiger charge is 2.38. The molecular formula is C49H57Cl2N7O8. The first-order valence-electron chi connectivity index (χ1n) is 21.7. The topological polar surface area (TPSA) is 177 Å². The average molecular weight is 943 g/mol. The van der Waals surface area contributed by atoms with Gasteiger partial charge in [-0.05, 0) is 106 Å². The van der Waals surface area contributed by atoms with Crippen molar-refractivity contribution in [1.82, 2.24) is 35.3 Å². The van der Waals surface area contributed by atoms with Crippen molar-refractivity contribution in [3.63, 3.8) is 0 Å². The van der Waals surface area contributed by atoms with Crippen molar-refractivity contribution in [1.29, 1.82) is 0 Å². The van der Waals surface area contributed by atoms with Crippen molar-refractivity contribution < 1.29 is 38.5 Å². The Labute approximate surface area is 395 Å². The SMILES string of the molecule is COC[C@H](NC(=O)[C@H](C)N(Cc1ccc(Cl)cc1Oc1ccc(-c2cnc(CN(C)C)n2C)cc1)C(=O)O[C@@H](Cc1ccccc1)C(=O)O)C(=O)N[C@@]1(Cc2ccc(Cl)cc2)CCCNC1. The minimum atomic E-state index is -1.59. The second-order valence-electron chi connectivity index (χ2n) is 16.8. The molecule has 0 saturated carbocycles. The molecule has 17 heteroatoms.